The number of carbonyl (C=O) groups is 2. The van der Waals surface area contributed by atoms with Crippen LogP contribution in [0.2, 0.25) is 0 Å². The van der Waals surface area contributed by atoms with Gasteiger partial charge in [0.2, 0.25) is 0 Å². The van der Waals surface area contributed by atoms with Gasteiger partial charge in [0.1, 0.15) is 0 Å². The van der Waals surface area contributed by atoms with Crippen LogP contribution in [0.4, 0.5) is 5.69 Å². The number of hydrogen-bond donors (Lipinski definition) is 1. The number of thiophene rings is 1. The molecule has 1 heterocycles. The number of carbonyl (C=O) groups excluding carboxylic acids is 2. The van der Waals surface area contributed by atoms with Gasteiger partial charge in [-0.05, 0) is 49.6 Å². The highest BCUT2D eigenvalue weighted by Crippen LogP contribution is 2.12. The van der Waals surface area contributed by atoms with E-state index in [0.29, 0.717) is 24.3 Å². The summed E-state index contributed by atoms with van der Waals surface area (Å²) in [7, 11) is 0. The maximum absolute atomic E-state index is 12.2. The molecule has 0 radical (unpaired) electrons. The molecule has 0 bridgehead atoms. The summed E-state index contributed by atoms with van der Waals surface area (Å²) in [5.41, 5.74) is 1.20. The smallest absolute Gasteiger partial charge is 0.265 e. The van der Waals surface area contributed by atoms with Gasteiger partial charge in [-0.1, -0.05) is 11.2 Å². The van der Waals surface area contributed by atoms with Gasteiger partial charge in [-0.3, -0.25) is 9.59 Å². The van der Waals surface area contributed by atoms with E-state index in [2.05, 4.69) is 10.5 Å². The maximum atomic E-state index is 12.2. The summed E-state index contributed by atoms with van der Waals surface area (Å²) in [6, 6.07) is 10.6. The van der Waals surface area contributed by atoms with E-state index in [0.717, 1.165) is 4.88 Å². The molecule has 7 heteroatoms. The first-order valence-corrected chi connectivity index (χ1v) is 8.90. The van der Waals surface area contributed by atoms with Crippen LogP contribution in [0.25, 0.3) is 0 Å². The minimum atomic E-state index is -0.314. The number of benzene rings is 1. The Morgan fingerprint density at radius 1 is 1.20 bits per heavy atom. The number of anilines is 1. The molecule has 132 valence electrons. The lowest BCUT2D eigenvalue weighted by molar-refractivity contribution is -0.120. The van der Waals surface area contributed by atoms with Gasteiger partial charge >= 0.3 is 0 Å². The third-order valence-corrected chi connectivity index (χ3v) is 4.27. The van der Waals surface area contributed by atoms with E-state index in [1.165, 1.54) is 11.3 Å². The molecule has 25 heavy (non-hydrogen) atoms. The maximum Gasteiger partial charge on any atom is 0.265 e. The molecule has 2 rings (SSSR count). The molecule has 0 saturated carbocycles. The Balaban J connectivity index is 1.82. The molecule has 0 atom stereocenters. The van der Waals surface area contributed by atoms with Crippen molar-refractivity contribution in [1.82, 2.24) is 4.90 Å². The van der Waals surface area contributed by atoms with Gasteiger partial charge in [-0.25, -0.2) is 0 Å². The minimum absolute atomic E-state index is 0.0193. The number of nitrogens with one attached hydrogen (secondary N) is 1. The number of rotatable bonds is 8. The molecule has 0 unspecified atom stereocenters. The summed E-state index contributed by atoms with van der Waals surface area (Å²) >= 11 is 1.53. The fourth-order valence-corrected chi connectivity index (χ4v) is 2.71. The van der Waals surface area contributed by atoms with Crippen LogP contribution in [0.5, 0.6) is 0 Å². The zero-order chi connectivity index (χ0) is 18.1. The fraction of sp³-hybridized carbons (Fsp3) is 0.278. The number of amides is 2. The Morgan fingerprint density at radius 2 is 1.92 bits per heavy atom. The lowest BCUT2D eigenvalue weighted by atomic mass is 10.2. The molecule has 1 aromatic heterocycles. The first-order chi connectivity index (χ1) is 12.1. The highest BCUT2D eigenvalue weighted by atomic mass is 32.1. The molecule has 2 aromatic rings. The third kappa shape index (κ3) is 5.72. The molecular weight excluding hydrogens is 338 g/mol. The number of nitrogens with zero attached hydrogens (tertiary/aromatic N) is 2. The predicted octanol–water partition coefficient (Wildman–Crippen LogP) is 3.22. The molecule has 0 aliphatic carbocycles. The average Bonchev–Trinajstić information content (AvgIpc) is 3.14. The molecule has 6 nitrogen and oxygen atoms in total. The zero-order valence-corrected chi connectivity index (χ0v) is 15.1. The van der Waals surface area contributed by atoms with Crippen molar-refractivity contribution in [2.45, 2.75) is 13.8 Å². The lowest BCUT2D eigenvalue weighted by Crippen LogP contribution is -2.30. The Labute approximate surface area is 151 Å². The fourth-order valence-electron chi connectivity index (χ4n) is 2.14. The summed E-state index contributed by atoms with van der Waals surface area (Å²) in [5.74, 6) is -0.333. The highest BCUT2D eigenvalue weighted by molar-refractivity contribution is 7.11. The van der Waals surface area contributed by atoms with Crippen molar-refractivity contribution in [3.05, 3.63) is 52.2 Å². The van der Waals surface area contributed by atoms with E-state index in [9.17, 15) is 9.59 Å². The van der Waals surface area contributed by atoms with Crippen molar-refractivity contribution in [3.63, 3.8) is 0 Å². The lowest BCUT2D eigenvalue weighted by Gasteiger charge is -2.18. The average molecular weight is 359 g/mol. The molecule has 1 aromatic carbocycles. The normalized spacial score (nSPS) is 10.6. The van der Waals surface area contributed by atoms with E-state index in [1.54, 1.807) is 35.4 Å². The van der Waals surface area contributed by atoms with E-state index >= 15 is 0 Å². The van der Waals surface area contributed by atoms with Crippen LogP contribution >= 0.6 is 11.3 Å². The summed E-state index contributed by atoms with van der Waals surface area (Å²) in [6.07, 6.45) is 1.56. The molecule has 0 fully saturated rings. The highest BCUT2D eigenvalue weighted by Gasteiger charge is 2.12. The Kier molecular flexibility index (Phi) is 7.16. The SMILES string of the molecule is CCN(CC)C(=O)c1ccc(NC(=O)CO/N=C/c2cccs2)cc1. The van der Waals surface area contributed by atoms with Crippen LogP contribution in [0.1, 0.15) is 29.1 Å². The van der Waals surface area contributed by atoms with Gasteiger partial charge in [0, 0.05) is 29.2 Å². The van der Waals surface area contributed by atoms with Crippen molar-refractivity contribution in [2.75, 3.05) is 25.0 Å². The Bertz CT molecular complexity index is 708. The van der Waals surface area contributed by atoms with Gasteiger partial charge in [-0.15, -0.1) is 11.3 Å². The number of hydrogen-bond acceptors (Lipinski definition) is 5. The zero-order valence-electron chi connectivity index (χ0n) is 14.3. The van der Waals surface area contributed by atoms with Gasteiger partial charge < -0.3 is 15.1 Å². The summed E-state index contributed by atoms with van der Waals surface area (Å²) in [4.78, 5) is 31.7. The van der Waals surface area contributed by atoms with Crippen LogP contribution in [-0.4, -0.2) is 42.6 Å². The predicted molar refractivity (Wildman–Crippen MR) is 100 cm³/mol. The van der Waals surface area contributed by atoms with Crippen molar-refractivity contribution in [2.24, 2.45) is 5.16 Å². The second-order valence-electron chi connectivity index (χ2n) is 5.13. The molecule has 0 aliphatic rings. The van der Waals surface area contributed by atoms with Crippen LogP contribution < -0.4 is 5.32 Å². The Hall–Kier alpha value is -2.67. The largest absolute Gasteiger partial charge is 0.386 e. The number of oxime groups is 1. The van der Waals surface area contributed by atoms with Gasteiger partial charge in [-0.2, -0.15) is 0 Å². The molecule has 0 saturated heterocycles. The monoisotopic (exact) mass is 359 g/mol. The summed E-state index contributed by atoms with van der Waals surface area (Å²) in [6.45, 7) is 5.03. The van der Waals surface area contributed by atoms with Crippen LogP contribution in [0, 0.1) is 0 Å². The van der Waals surface area contributed by atoms with Gasteiger partial charge in [0.05, 0.1) is 6.21 Å². The summed E-state index contributed by atoms with van der Waals surface area (Å²) < 4.78 is 0. The standard InChI is InChI=1S/C18H21N3O3S/c1-3-21(4-2)18(23)14-7-9-15(10-8-14)20-17(22)13-24-19-12-16-6-5-11-25-16/h5-12H,3-4,13H2,1-2H3,(H,20,22)/b19-12+. The van der Waals surface area contributed by atoms with E-state index in [-0.39, 0.29) is 18.4 Å². The third-order valence-electron chi connectivity index (χ3n) is 3.46. The minimum Gasteiger partial charge on any atom is -0.386 e. The molecule has 0 spiro atoms. The van der Waals surface area contributed by atoms with Gasteiger partial charge in [0.15, 0.2) is 6.61 Å². The second-order valence-corrected chi connectivity index (χ2v) is 6.11. The quantitative estimate of drug-likeness (QED) is 0.581. The van der Waals surface area contributed by atoms with Crippen LogP contribution in [0.15, 0.2) is 46.9 Å². The van der Waals surface area contributed by atoms with Crippen LogP contribution in [-0.2, 0) is 9.63 Å². The first-order valence-electron chi connectivity index (χ1n) is 8.02. The van der Waals surface area contributed by atoms with E-state index in [4.69, 9.17) is 4.84 Å². The molecule has 2 amide bonds. The molecular formula is C18H21N3O3S. The van der Waals surface area contributed by atoms with Crippen molar-refractivity contribution < 1.29 is 14.4 Å². The van der Waals surface area contributed by atoms with E-state index < -0.39 is 0 Å². The topological polar surface area (TPSA) is 71.0 Å². The van der Waals surface area contributed by atoms with Crippen LogP contribution in [0.3, 0.4) is 0 Å². The molecule has 1 N–H and O–H groups in total. The van der Waals surface area contributed by atoms with Crippen molar-refractivity contribution in [1.29, 1.82) is 0 Å². The Morgan fingerprint density at radius 3 is 2.52 bits per heavy atom. The van der Waals surface area contributed by atoms with E-state index in [1.807, 2.05) is 31.4 Å². The summed E-state index contributed by atoms with van der Waals surface area (Å²) in [5, 5.41) is 8.38. The van der Waals surface area contributed by atoms with Crippen molar-refractivity contribution >= 4 is 35.1 Å². The first kappa shape index (κ1) is 18.7. The molecule has 0 aliphatic heterocycles. The second kappa shape index (κ2) is 9.58. The van der Waals surface area contributed by atoms with Crippen molar-refractivity contribution in [3.8, 4) is 0 Å². The van der Waals surface area contributed by atoms with Gasteiger partial charge in [0.25, 0.3) is 11.8 Å².